The second-order valence-corrected chi connectivity index (χ2v) is 12.6. The van der Waals surface area contributed by atoms with Crippen LogP contribution in [0.1, 0.15) is 60.8 Å². The Morgan fingerprint density at radius 1 is 0.533 bits per heavy atom. The molecule has 0 unspecified atom stereocenters. The third-order valence-corrected chi connectivity index (χ3v) is 9.51. The number of halogens is 2. The number of fused-ring (bicyclic) bond motifs is 2. The molecule has 0 saturated carbocycles. The average Bonchev–Trinajstić information content (AvgIpc) is 3.52. The van der Waals surface area contributed by atoms with E-state index in [4.69, 9.17) is 15.0 Å². The fourth-order valence-corrected chi connectivity index (χ4v) is 6.72. The van der Waals surface area contributed by atoms with Crippen LogP contribution in [0.5, 0.6) is 0 Å². The van der Waals surface area contributed by atoms with Gasteiger partial charge in [-0.25, -0.2) is 15.0 Å². The molecule has 2 fully saturated rings. The SMILES string of the molecule is Cc1cc2nc(-c3cccc(-c4nc5cc(C)c(C)cc5n4CN4CCCCC4)n3)n(CN3CCCCC3)c2cc1C.[Cl-].[Cl-].[Fe+2]. The van der Waals surface area contributed by atoms with Gasteiger partial charge in [-0.15, -0.1) is 0 Å². The summed E-state index contributed by atoms with van der Waals surface area (Å²) in [6, 6.07) is 15.4. The molecule has 10 heteroatoms. The zero-order valence-corrected chi connectivity index (χ0v) is 29.4. The third-order valence-electron chi connectivity index (χ3n) is 9.51. The number of hydrogen-bond donors (Lipinski definition) is 0. The van der Waals surface area contributed by atoms with Gasteiger partial charge in [0.15, 0.2) is 11.6 Å². The van der Waals surface area contributed by atoms with E-state index in [1.54, 1.807) is 0 Å². The molecule has 0 bridgehead atoms. The largest absolute Gasteiger partial charge is 2.00 e. The minimum atomic E-state index is 0. The van der Waals surface area contributed by atoms with Gasteiger partial charge in [-0.1, -0.05) is 18.9 Å². The van der Waals surface area contributed by atoms with E-state index in [-0.39, 0.29) is 41.9 Å². The molecule has 240 valence electrons. The first-order chi connectivity index (χ1) is 20.4. The van der Waals surface area contributed by atoms with E-state index in [2.05, 4.69) is 89.1 Å². The number of pyridine rings is 1. The van der Waals surface area contributed by atoms with Gasteiger partial charge in [-0.05, 0) is 138 Å². The molecule has 7 nitrogen and oxygen atoms in total. The molecule has 0 radical (unpaired) electrons. The molecule has 0 aliphatic carbocycles. The van der Waals surface area contributed by atoms with E-state index >= 15 is 0 Å². The maximum Gasteiger partial charge on any atom is 2.00 e. The van der Waals surface area contributed by atoms with Crippen LogP contribution in [-0.4, -0.2) is 60.1 Å². The Balaban J connectivity index is 0.00000154. The zero-order valence-electron chi connectivity index (χ0n) is 26.8. The molecule has 2 aromatic carbocycles. The molecule has 7 rings (SSSR count). The number of nitrogens with zero attached hydrogens (tertiary/aromatic N) is 7. The van der Waals surface area contributed by atoms with Crippen molar-refractivity contribution in [3.63, 3.8) is 0 Å². The number of likely N-dealkylation sites (tertiary alicyclic amines) is 2. The van der Waals surface area contributed by atoms with Crippen molar-refractivity contribution in [3.8, 4) is 23.0 Å². The summed E-state index contributed by atoms with van der Waals surface area (Å²) in [6.45, 7) is 15.0. The van der Waals surface area contributed by atoms with Gasteiger partial charge in [0.2, 0.25) is 0 Å². The topological polar surface area (TPSA) is 55.0 Å². The Hall–Kier alpha value is -2.45. The van der Waals surface area contributed by atoms with Gasteiger partial charge in [-0.2, -0.15) is 0 Å². The summed E-state index contributed by atoms with van der Waals surface area (Å²) >= 11 is 0. The van der Waals surface area contributed by atoms with Crippen LogP contribution in [0.15, 0.2) is 42.5 Å². The fourth-order valence-electron chi connectivity index (χ4n) is 6.72. The Labute approximate surface area is 290 Å². The van der Waals surface area contributed by atoms with E-state index < -0.39 is 0 Å². The zero-order chi connectivity index (χ0) is 28.8. The van der Waals surface area contributed by atoms with Crippen molar-refractivity contribution in [1.82, 2.24) is 33.9 Å². The van der Waals surface area contributed by atoms with Crippen molar-refractivity contribution in [1.29, 1.82) is 0 Å². The molecule has 5 aromatic rings. The van der Waals surface area contributed by atoms with Crippen LogP contribution in [0.25, 0.3) is 45.1 Å². The predicted molar refractivity (Wildman–Crippen MR) is 171 cm³/mol. The van der Waals surface area contributed by atoms with Gasteiger partial charge in [-0.3, -0.25) is 9.80 Å². The molecule has 45 heavy (non-hydrogen) atoms. The van der Waals surface area contributed by atoms with Crippen molar-refractivity contribution in [2.75, 3.05) is 26.2 Å². The molecular weight excluding hydrogens is 645 g/mol. The van der Waals surface area contributed by atoms with Crippen LogP contribution in [0.4, 0.5) is 0 Å². The maximum absolute atomic E-state index is 5.30. The van der Waals surface area contributed by atoms with Crippen molar-refractivity contribution >= 4 is 22.1 Å². The second kappa shape index (κ2) is 15.0. The molecular formula is C35H43Cl2FeN7. The molecule has 0 N–H and O–H groups in total. The van der Waals surface area contributed by atoms with Crippen molar-refractivity contribution in [2.45, 2.75) is 79.6 Å². The molecule has 0 amide bonds. The second-order valence-electron chi connectivity index (χ2n) is 12.6. The van der Waals surface area contributed by atoms with E-state index in [0.29, 0.717) is 0 Å². The Morgan fingerprint density at radius 2 is 0.911 bits per heavy atom. The van der Waals surface area contributed by atoms with E-state index in [0.717, 1.165) is 73.6 Å². The Morgan fingerprint density at radius 3 is 1.31 bits per heavy atom. The van der Waals surface area contributed by atoms with Gasteiger partial charge in [0, 0.05) is 0 Å². The number of aryl methyl sites for hydroxylation is 4. The number of benzene rings is 2. The third kappa shape index (κ3) is 7.12. The number of aromatic nitrogens is 5. The smallest absolute Gasteiger partial charge is 1.00 e. The molecule has 2 aliphatic heterocycles. The monoisotopic (exact) mass is 687 g/mol. The summed E-state index contributed by atoms with van der Waals surface area (Å²) in [5, 5.41) is 0. The summed E-state index contributed by atoms with van der Waals surface area (Å²) in [5.74, 6) is 1.88. The number of piperidine rings is 2. The van der Waals surface area contributed by atoms with Gasteiger partial charge < -0.3 is 33.9 Å². The van der Waals surface area contributed by atoms with Crippen LogP contribution in [0.2, 0.25) is 0 Å². The summed E-state index contributed by atoms with van der Waals surface area (Å²) in [4.78, 5) is 20.8. The summed E-state index contributed by atoms with van der Waals surface area (Å²) in [7, 11) is 0. The van der Waals surface area contributed by atoms with Gasteiger partial charge >= 0.3 is 17.1 Å². The first-order valence-corrected chi connectivity index (χ1v) is 15.8. The van der Waals surface area contributed by atoms with E-state index in [1.165, 1.54) is 71.8 Å². The molecule has 2 saturated heterocycles. The standard InChI is InChI=1S/C35H43N7.2ClH.Fe/c1-24-18-30-32(20-26(24)3)41(22-39-14-7-5-8-15-39)34(37-30)28-12-11-13-29(36-28)35-38-31-19-25(2)27(4)21-33(31)42(35)23-40-16-9-6-10-17-40;;;/h11-13,18-21H,5-10,14-17,22-23H2,1-4H3;2*1H;/q;;;+2/p-2. The fraction of sp³-hybridized carbons (Fsp3) is 0.457. The average molecular weight is 689 g/mol. The summed E-state index contributed by atoms with van der Waals surface area (Å²) < 4.78 is 4.78. The van der Waals surface area contributed by atoms with Gasteiger partial charge in [0.05, 0.1) is 35.4 Å². The minimum absolute atomic E-state index is 0. The van der Waals surface area contributed by atoms with Crippen LogP contribution in [-0.2, 0) is 30.4 Å². The van der Waals surface area contributed by atoms with Gasteiger partial charge in [0.25, 0.3) is 0 Å². The van der Waals surface area contributed by atoms with Crippen LogP contribution in [0.3, 0.4) is 0 Å². The van der Waals surface area contributed by atoms with Crippen LogP contribution >= 0.6 is 0 Å². The number of rotatable bonds is 6. The maximum atomic E-state index is 5.30. The first kappa shape index (κ1) is 35.4. The minimum Gasteiger partial charge on any atom is -1.00 e. The molecule has 0 atom stereocenters. The van der Waals surface area contributed by atoms with Crippen LogP contribution < -0.4 is 24.8 Å². The molecule has 2 aliphatic rings. The number of hydrogen-bond acceptors (Lipinski definition) is 5. The van der Waals surface area contributed by atoms with E-state index in [1.807, 2.05) is 0 Å². The molecule has 0 spiro atoms. The Bertz CT molecular complexity index is 1640. The predicted octanol–water partition coefficient (Wildman–Crippen LogP) is 1.24. The summed E-state index contributed by atoms with van der Waals surface area (Å²) in [5.41, 5.74) is 11.4. The molecule has 3 aromatic heterocycles. The van der Waals surface area contributed by atoms with Gasteiger partial charge in [0.1, 0.15) is 11.4 Å². The first-order valence-electron chi connectivity index (χ1n) is 15.8. The quantitative estimate of drug-likeness (QED) is 0.252. The molecule has 5 heterocycles. The van der Waals surface area contributed by atoms with E-state index in [9.17, 15) is 0 Å². The Kier molecular flexibility index (Phi) is 11.8. The normalized spacial score (nSPS) is 15.9. The van der Waals surface area contributed by atoms with Crippen molar-refractivity contribution in [2.24, 2.45) is 0 Å². The van der Waals surface area contributed by atoms with Crippen LogP contribution in [0, 0.1) is 27.7 Å². The summed E-state index contributed by atoms with van der Waals surface area (Å²) in [6.07, 6.45) is 7.71. The number of imidazole rings is 2. The van der Waals surface area contributed by atoms with Crippen molar-refractivity contribution in [3.05, 3.63) is 64.7 Å². The van der Waals surface area contributed by atoms with Crippen molar-refractivity contribution < 1.29 is 41.9 Å².